The highest BCUT2D eigenvalue weighted by atomic mass is 32.1. The standard InChI is InChI=1S/C9H13N3OS/c1-6-2-4-7(5-3-6)11-9(13)12-8(10)14/h2-4,7H,5H2,1H3,(H4,10,11,12,13,14). The Morgan fingerprint density at radius 3 is 2.93 bits per heavy atom. The molecular weight excluding hydrogens is 198 g/mol. The predicted octanol–water partition coefficient (Wildman–Crippen LogP) is 0.804. The van der Waals surface area contributed by atoms with Gasteiger partial charge in [0, 0.05) is 0 Å². The molecule has 1 unspecified atom stereocenters. The van der Waals surface area contributed by atoms with E-state index < -0.39 is 0 Å². The fourth-order valence-electron chi connectivity index (χ4n) is 1.15. The van der Waals surface area contributed by atoms with Crippen LogP contribution in [0.3, 0.4) is 0 Å². The molecule has 0 spiro atoms. The van der Waals surface area contributed by atoms with Crippen molar-refractivity contribution in [2.45, 2.75) is 19.4 Å². The Hall–Kier alpha value is -1.36. The zero-order valence-corrected chi connectivity index (χ0v) is 8.73. The zero-order valence-electron chi connectivity index (χ0n) is 7.91. The molecule has 4 N–H and O–H groups in total. The first-order chi connectivity index (χ1) is 6.58. The van der Waals surface area contributed by atoms with E-state index in [4.69, 9.17) is 5.73 Å². The molecule has 0 radical (unpaired) electrons. The average molecular weight is 211 g/mol. The lowest BCUT2D eigenvalue weighted by molar-refractivity contribution is 0.243. The van der Waals surface area contributed by atoms with Gasteiger partial charge in [0.1, 0.15) is 0 Å². The van der Waals surface area contributed by atoms with Crippen LogP contribution < -0.4 is 16.4 Å². The van der Waals surface area contributed by atoms with Crippen LogP contribution >= 0.6 is 12.2 Å². The summed E-state index contributed by atoms with van der Waals surface area (Å²) in [7, 11) is 0. The summed E-state index contributed by atoms with van der Waals surface area (Å²) in [6.45, 7) is 2.02. The molecule has 0 aliphatic heterocycles. The first-order valence-corrected chi connectivity index (χ1v) is 4.70. The summed E-state index contributed by atoms with van der Waals surface area (Å²) in [5.41, 5.74) is 6.36. The lowest BCUT2D eigenvalue weighted by Gasteiger charge is -2.16. The maximum atomic E-state index is 11.2. The minimum atomic E-state index is -0.361. The van der Waals surface area contributed by atoms with Crippen LogP contribution in [0.2, 0.25) is 0 Å². The lowest BCUT2D eigenvalue weighted by Crippen LogP contribution is -2.45. The number of hydrogen-bond donors (Lipinski definition) is 3. The van der Waals surface area contributed by atoms with E-state index in [1.165, 1.54) is 5.57 Å². The van der Waals surface area contributed by atoms with E-state index >= 15 is 0 Å². The summed E-state index contributed by atoms with van der Waals surface area (Å²) in [5, 5.41) is 5.01. The van der Waals surface area contributed by atoms with E-state index in [0.717, 1.165) is 6.42 Å². The quantitative estimate of drug-likeness (QED) is 0.562. The second-order valence-electron chi connectivity index (χ2n) is 3.11. The number of rotatable bonds is 1. The van der Waals surface area contributed by atoms with E-state index in [0.29, 0.717) is 0 Å². The second kappa shape index (κ2) is 4.76. The summed E-state index contributed by atoms with van der Waals surface area (Å²) in [6.07, 6.45) is 6.77. The zero-order chi connectivity index (χ0) is 10.6. The number of nitrogens with two attached hydrogens (primary N) is 1. The van der Waals surface area contributed by atoms with Crippen molar-refractivity contribution in [1.29, 1.82) is 0 Å². The number of hydrogen-bond acceptors (Lipinski definition) is 2. The van der Waals surface area contributed by atoms with Crippen molar-refractivity contribution >= 4 is 23.4 Å². The van der Waals surface area contributed by atoms with Gasteiger partial charge in [0.25, 0.3) is 0 Å². The molecule has 0 bridgehead atoms. The molecule has 0 saturated heterocycles. The Kier molecular flexibility index (Phi) is 3.64. The SMILES string of the molecule is CC1=CCC(NC(=O)NC(N)=S)C=C1. The molecule has 1 atom stereocenters. The molecule has 0 aromatic carbocycles. The summed E-state index contributed by atoms with van der Waals surface area (Å²) >= 11 is 4.53. The average Bonchev–Trinajstić information content (AvgIpc) is 2.07. The molecule has 0 aromatic heterocycles. The number of carbonyl (C=O) groups is 1. The molecule has 1 aliphatic rings. The molecule has 0 aromatic rings. The lowest BCUT2D eigenvalue weighted by atomic mass is 10.0. The molecule has 2 amide bonds. The minimum absolute atomic E-state index is 0.0194. The molecule has 5 heteroatoms. The van der Waals surface area contributed by atoms with Crippen molar-refractivity contribution in [2.24, 2.45) is 5.73 Å². The molecule has 14 heavy (non-hydrogen) atoms. The molecule has 76 valence electrons. The molecule has 4 nitrogen and oxygen atoms in total. The van der Waals surface area contributed by atoms with Crippen molar-refractivity contribution in [1.82, 2.24) is 10.6 Å². The normalized spacial score (nSPS) is 19.8. The Morgan fingerprint density at radius 2 is 2.43 bits per heavy atom. The van der Waals surface area contributed by atoms with Crippen LogP contribution in [0.25, 0.3) is 0 Å². The topological polar surface area (TPSA) is 67.2 Å². The van der Waals surface area contributed by atoms with Gasteiger partial charge in [0.2, 0.25) is 0 Å². The maximum Gasteiger partial charge on any atom is 0.321 e. The summed E-state index contributed by atoms with van der Waals surface area (Å²) in [6, 6.07) is -0.340. The van der Waals surface area contributed by atoms with E-state index in [1.54, 1.807) is 0 Å². The fourth-order valence-corrected chi connectivity index (χ4v) is 1.24. The van der Waals surface area contributed by atoms with E-state index in [-0.39, 0.29) is 17.2 Å². The van der Waals surface area contributed by atoms with Gasteiger partial charge in [-0.25, -0.2) is 4.79 Å². The van der Waals surface area contributed by atoms with Crippen molar-refractivity contribution < 1.29 is 4.79 Å². The molecule has 0 fully saturated rings. The third-order valence-electron chi connectivity index (χ3n) is 1.84. The van der Waals surface area contributed by atoms with Crippen LogP contribution in [0.1, 0.15) is 13.3 Å². The molecule has 0 heterocycles. The van der Waals surface area contributed by atoms with Crippen LogP contribution in [-0.4, -0.2) is 17.2 Å². The van der Waals surface area contributed by atoms with Crippen LogP contribution in [0.15, 0.2) is 23.8 Å². The number of urea groups is 1. The predicted molar refractivity (Wildman–Crippen MR) is 59.8 cm³/mol. The first-order valence-electron chi connectivity index (χ1n) is 4.30. The fraction of sp³-hybridized carbons (Fsp3) is 0.333. The highest BCUT2D eigenvalue weighted by Gasteiger charge is 2.10. The number of nitrogens with one attached hydrogen (secondary N) is 2. The van der Waals surface area contributed by atoms with Gasteiger partial charge in [0.05, 0.1) is 6.04 Å². The largest absolute Gasteiger partial charge is 0.376 e. The Morgan fingerprint density at radius 1 is 1.71 bits per heavy atom. The Bertz CT molecular complexity index is 309. The van der Waals surface area contributed by atoms with Gasteiger partial charge in [-0.05, 0) is 25.6 Å². The third-order valence-corrected chi connectivity index (χ3v) is 1.94. The Labute approximate surface area is 88.2 Å². The summed E-state index contributed by atoms with van der Waals surface area (Å²) in [4.78, 5) is 11.2. The first kappa shape index (κ1) is 10.7. The van der Waals surface area contributed by atoms with E-state index in [9.17, 15) is 4.79 Å². The minimum Gasteiger partial charge on any atom is -0.376 e. The summed E-state index contributed by atoms with van der Waals surface area (Å²) in [5.74, 6) is 0. The van der Waals surface area contributed by atoms with Crippen LogP contribution in [-0.2, 0) is 0 Å². The smallest absolute Gasteiger partial charge is 0.321 e. The molecule has 1 rings (SSSR count). The van der Waals surface area contributed by atoms with Crippen LogP contribution in [0, 0.1) is 0 Å². The van der Waals surface area contributed by atoms with Crippen LogP contribution in [0.4, 0.5) is 4.79 Å². The number of allylic oxidation sites excluding steroid dienone is 2. The van der Waals surface area contributed by atoms with Gasteiger partial charge >= 0.3 is 6.03 Å². The maximum absolute atomic E-state index is 11.2. The van der Waals surface area contributed by atoms with Crippen molar-refractivity contribution in [2.75, 3.05) is 0 Å². The van der Waals surface area contributed by atoms with Gasteiger partial charge in [-0.3, -0.25) is 5.32 Å². The summed E-state index contributed by atoms with van der Waals surface area (Å²) < 4.78 is 0. The highest BCUT2D eigenvalue weighted by Crippen LogP contribution is 2.08. The van der Waals surface area contributed by atoms with Crippen molar-refractivity contribution in [3.8, 4) is 0 Å². The van der Waals surface area contributed by atoms with Crippen molar-refractivity contribution in [3.05, 3.63) is 23.8 Å². The highest BCUT2D eigenvalue weighted by molar-refractivity contribution is 7.80. The number of thiocarbonyl (C=S) groups is 1. The molecule has 1 aliphatic carbocycles. The van der Waals surface area contributed by atoms with Gasteiger partial charge in [-0.15, -0.1) is 0 Å². The number of amides is 2. The van der Waals surface area contributed by atoms with Gasteiger partial charge in [-0.1, -0.05) is 23.8 Å². The van der Waals surface area contributed by atoms with Crippen molar-refractivity contribution in [3.63, 3.8) is 0 Å². The van der Waals surface area contributed by atoms with Gasteiger partial charge in [-0.2, -0.15) is 0 Å². The van der Waals surface area contributed by atoms with Gasteiger partial charge < -0.3 is 11.1 Å². The van der Waals surface area contributed by atoms with E-state index in [1.807, 2.05) is 19.1 Å². The number of carbonyl (C=O) groups excluding carboxylic acids is 1. The van der Waals surface area contributed by atoms with E-state index in [2.05, 4.69) is 28.9 Å². The van der Waals surface area contributed by atoms with Gasteiger partial charge in [0.15, 0.2) is 5.11 Å². The van der Waals surface area contributed by atoms with Crippen LogP contribution in [0.5, 0.6) is 0 Å². The third kappa shape index (κ3) is 3.57. The monoisotopic (exact) mass is 211 g/mol. The Balaban J connectivity index is 2.36. The second-order valence-corrected chi connectivity index (χ2v) is 3.55. The molecular formula is C9H13N3OS. The molecule has 0 saturated carbocycles.